The molecule has 2 N–H and O–H groups in total. The van der Waals surface area contributed by atoms with E-state index in [2.05, 4.69) is 15.3 Å². The lowest BCUT2D eigenvalue weighted by Gasteiger charge is -2.24. The Balaban J connectivity index is 2.35. The average molecular weight is 346 g/mol. The predicted octanol–water partition coefficient (Wildman–Crippen LogP) is 2.16. The van der Waals surface area contributed by atoms with Crippen LogP contribution in [0.15, 0.2) is 30.6 Å². The highest BCUT2D eigenvalue weighted by Gasteiger charge is 2.27. The van der Waals surface area contributed by atoms with Gasteiger partial charge in [0, 0.05) is 30.1 Å². The Labute approximate surface area is 143 Å². The molecule has 0 radical (unpaired) electrons. The molecule has 0 saturated heterocycles. The first-order chi connectivity index (χ1) is 11.7. The highest BCUT2D eigenvalue weighted by atomic mass is 16.6. The van der Waals surface area contributed by atoms with Crippen molar-refractivity contribution in [2.24, 2.45) is 0 Å². The summed E-state index contributed by atoms with van der Waals surface area (Å²) in [5, 5.41) is 13.8. The number of non-ortho nitro benzene ring substituents is 1. The monoisotopic (exact) mass is 346 g/mol. The third-order valence-electron chi connectivity index (χ3n) is 3.42. The van der Waals surface area contributed by atoms with E-state index < -0.39 is 22.3 Å². The summed E-state index contributed by atoms with van der Waals surface area (Å²) in [5.74, 6) is -0.780. The van der Waals surface area contributed by atoms with Crippen LogP contribution in [0.4, 0.5) is 5.69 Å². The van der Waals surface area contributed by atoms with E-state index in [4.69, 9.17) is 4.74 Å². The molecule has 0 bridgehead atoms. The Morgan fingerprint density at radius 1 is 1.32 bits per heavy atom. The van der Waals surface area contributed by atoms with E-state index in [9.17, 15) is 19.7 Å². The molecule has 2 rings (SSSR count). The van der Waals surface area contributed by atoms with Crippen LogP contribution >= 0.6 is 0 Å². The van der Waals surface area contributed by atoms with Crippen molar-refractivity contribution in [1.29, 1.82) is 0 Å². The maximum Gasteiger partial charge on any atom is 0.338 e. The van der Waals surface area contributed by atoms with Crippen LogP contribution in [0, 0.1) is 10.1 Å². The number of carbonyl (C=O) groups excluding carboxylic acids is 2. The van der Waals surface area contributed by atoms with E-state index in [0.717, 1.165) is 12.1 Å². The molecule has 0 aliphatic carbocycles. The molecule has 9 nitrogen and oxygen atoms in total. The number of hydrogen-bond acceptors (Lipinski definition) is 6. The smallest absolute Gasteiger partial charge is 0.338 e. The summed E-state index contributed by atoms with van der Waals surface area (Å²) in [6.45, 7) is 5.20. The molecule has 25 heavy (non-hydrogen) atoms. The Bertz CT molecular complexity index is 799. The van der Waals surface area contributed by atoms with Gasteiger partial charge in [-0.25, -0.2) is 9.78 Å². The second-order valence-electron chi connectivity index (χ2n) is 5.76. The van der Waals surface area contributed by atoms with Crippen molar-refractivity contribution in [2.75, 3.05) is 6.61 Å². The molecule has 1 aromatic carbocycles. The number of rotatable bonds is 6. The summed E-state index contributed by atoms with van der Waals surface area (Å²) in [6, 6.07) is 3.45. The first kappa shape index (κ1) is 18.1. The topological polar surface area (TPSA) is 127 Å². The zero-order chi connectivity index (χ0) is 18.6. The lowest BCUT2D eigenvalue weighted by Crippen LogP contribution is -2.41. The Hall–Kier alpha value is -3.23. The fourth-order valence-corrected chi connectivity index (χ4v) is 2.20. The number of ether oxygens (including phenoxy) is 1. The molecule has 1 aromatic heterocycles. The quantitative estimate of drug-likeness (QED) is 0.469. The molecule has 0 unspecified atom stereocenters. The van der Waals surface area contributed by atoms with Crippen LogP contribution in [-0.4, -0.2) is 33.4 Å². The molecule has 1 amide bonds. The molecular weight excluding hydrogens is 328 g/mol. The van der Waals surface area contributed by atoms with Crippen molar-refractivity contribution in [3.63, 3.8) is 0 Å². The summed E-state index contributed by atoms with van der Waals surface area (Å²) >= 11 is 0. The fourth-order valence-electron chi connectivity index (χ4n) is 2.20. The average Bonchev–Trinajstić information content (AvgIpc) is 3.09. The number of nitro groups is 1. The lowest BCUT2D eigenvalue weighted by atomic mass is 10.0. The number of carbonyl (C=O) groups is 2. The second kappa shape index (κ2) is 7.12. The predicted molar refractivity (Wildman–Crippen MR) is 88.1 cm³/mol. The number of nitro benzene ring substituents is 1. The molecule has 132 valence electrons. The normalized spacial score (nSPS) is 11.0. The van der Waals surface area contributed by atoms with Crippen molar-refractivity contribution in [1.82, 2.24) is 15.3 Å². The molecular formula is C16H18N4O5. The Morgan fingerprint density at radius 2 is 2.00 bits per heavy atom. The number of imidazole rings is 1. The number of aromatic amines is 1. The second-order valence-corrected chi connectivity index (χ2v) is 5.76. The van der Waals surface area contributed by atoms with Gasteiger partial charge >= 0.3 is 5.97 Å². The van der Waals surface area contributed by atoms with Crippen LogP contribution in [0.1, 0.15) is 47.3 Å². The minimum absolute atomic E-state index is 0.0168. The van der Waals surface area contributed by atoms with E-state index in [0.29, 0.717) is 5.82 Å². The zero-order valence-electron chi connectivity index (χ0n) is 14.0. The molecule has 0 aliphatic rings. The van der Waals surface area contributed by atoms with Crippen molar-refractivity contribution in [3.05, 3.63) is 57.7 Å². The number of aromatic nitrogens is 2. The van der Waals surface area contributed by atoms with E-state index >= 15 is 0 Å². The summed E-state index contributed by atoms with van der Waals surface area (Å²) < 4.78 is 4.85. The van der Waals surface area contributed by atoms with Gasteiger partial charge < -0.3 is 15.0 Å². The van der Waals surface area contributed by atoms with Gasteiger partial charge in [-0.15, -0.1) is 0 Å². The maximum absolute atomic E-state index is 12.5. The highest BCUT2D eigenvalue weighted by molar-refractivity contribution is 5.99. The fraction of sp³-hybridized carbons (Fsp3) is 0.312. The first-order valence-corrected chi connectivity index (χ1v) is 7.53. The van der Waals surface area contributed by atoms with Gasteiger partial charge in [0.15, 0.2) is 0 Å². The van der Waals surface area contributed by atoms with E-state index in [1.165, 1.54) is 6.07 Å². The van der Waals surface area contributed by atoms with E-state index in [1.807, 2.05) is 0 Å². The number of H-pyrrole nitrogens is 1. The van der Waals surface area contributed by atoms with Crippen molar-refractivity contribution < 1.29 is 19.2 Å². The van der Waals surface area contributed by atoms with Gasteiger partial charge in [0.25, 0.3) is 11.6 Å². The van der Waals surface area contributed by atoms with Crippen LogP contribution in [0.2, 0.25) is 0 Å². The number of nitrogens with zero attached hydrogens (tertiary/aromatic N) is 2. The lowest BCUT2D eigenvalue weighted by molar-refractivity contribution is -0.384. The maximum atomic E-state index is 12.5. The first-order valence-electron chi connectivity index (χ1n) is 7.53. The summed E-state index contributed by atoms with van der Waals surface area (Å²) in [5.41, 5.74) is -1.28. The number of benzene rings is 1. The minimum Gasteiger partial charge on any atom is -0.462 e. The van der Waals surface area contributed by atoms with Crippen molar-refractivity contribution >= 4 is 17.6 Å². The highest BCUT2D eigenvalue weighted by Crippen LogP contribution is 2.21. The van der Waals surface area contributed by atoms with E-state index in [-0.39, 0.29) is 23.4 Å². The van der Waals surface area contributed by atoms with Crippen LogP contribution in [0.5, 0.6) is 0 Å². The molecule has 0 saturated carbocycles. The third kappa shape index (κ3) is 4.19. The molecule has 1 heterocycles. The van der Waals surface area contributed by atoms with E-state index in [1.54, 1.807) is 33.2 Å². The van der Waals surface area contributed by atoms with Crippen LogP contribution in [0.25, 0.3) is 0 Å². The number of hydrogen-bond donors (Lipinski definition) is 2. The van der Waals surface area contributed by atoms with Crippen LogP contribution < -0.4 is 5.32 Å². The summed E-state index contributed by atoms with van der Waals surface area (Å²) in [4.78, 5) is 41.8. The molecule has 2 aromatic rings. The molecule has 9 heteroatoms. The molecule has 0 fully saturated rings. The molecule has 0 aliphatic heterocycles. The largest absolute Gasteiger partial charge is 0.462 e. The van der Waals surface area contributed by atoms with Gasteiger partial charge in [0.1, 0.15) is 5.82 Å². The van der Waals surface area contributed by atoms with Gasteiger partial charge in [0.05, 0.1) is 22.6 Å². The van der Waals surface area contributed by atoms with Gasteiger partial charge in [-0.05, 0) is 26.8 Å². The molecule has 0 atom stereocenters. The number of esters is 1. The van der Waals surface area contributed by atoms with Gasteiger partial charge in [0.2, 0.25) is 0 Å². The van der Waals surface area contributed by atoms with Crippen LogP contribution in [0.3, 0.4) is 0 Å². The van der Waals surface area contributed by atoms with Crippen LogP contribution in [-0.2, 0) is 10.3 Å². The third-order valence-corrected chi connectivity index (χ3v) is 3.42. The molecule has 0 spiro atoms. The van der Waals surface area contributed by atoms with Gasteiger partial charge in [-0.3, -0.25) is 14.9 Å². The van der Waals surface area contributed by atoms with Gasteiger partial charge in [-0.2, -0.15) is 0 Å². The Kier molecular flexibility index (Phi) is 5.16. The van der Waals surface area contributed by atoms with Crippen molar-refractivity contribution in [2.45, 2.75) is 26.3 Å². The van der Waals surface area contributed by atoms with Crippen molar-refractivity contribution in [3.8, 4) is 0 Å². The summed E-state index contributed by atoms with van der Waals surface area (Å²) in [6.07, 6.45) is 3.17. The standard InChI is InChI=1S/C16H18N4O5/c1-4-25-14(22)11-7-10(8-12(9-11)20(23)24)13(21)19-16(2,3)15-17-5-6-18-15/h5-9H,4H2,1-3H3,(H,17,18)(H,19,21). The minimum atomic E-state index is -0.838. The SMILES string of the molecule is CCOC(=O)c1cc(C(=O)NC(C)(C)c2ncc[nH]2)cc([N+](=O)[O-])c1. The summed E-state index contributed by atoms with van der Waals surface area (Å²) in [7, 11) is 0. The number of nitrogens with one attached hydrogen (secondary N) is 2. The zero-order valence-corrected chi connectivity index (χ0v) is 14.0. The Morgan fingerprint density at radius 3 is 2.56 bits per heavy atom. The van der Waals surface area contributed by atoms with Gasteiger partial charge in [-0.1, -0.05) is 0 Å². The number of amides is 1.